The van der Waals surface area contributed by atoms with Crippen LogP contribution in [0.4, 0.5) is 0 Å². The number of carbonyl (C=O) groups excluding carboxylic acids is 1. The maximum absolute atomic E-state index is 12.6. The normalized spacial score (nSPS) is 16.7. The summed E-state index contributed by atoms with van der Waals surface area (Å²) in [6.45, 7) is 4.46. The molecule has 1 amide bonds. The van der Waals surface area contributed by atoms with Crippen molar-refractivity contribution in [2.24, 2.45) is 4.99 Å². The Balaban J connectivity index is 1.70. The number of para-hydroxylation sites is 2. The van der Waals surface area contributed by atoms with E-state index in [1.54, 1.807) is 18.2 Å². The van der Waals surface area contributed by atoms with E-state index < -0.39 is 6.10 Å². The summed E-state index contributed by atoms with van der Waals surface area (Å²) in [4.78, 5) is 17.5. The van der Waals surface area contributed by atoms with Crippen LogP contribution < -0.4 is 14.3 Å². The molecular formula is C19H15ClN2O3S. The van der Waals surface area contributed by atoms with Gasteiger partial charge < -0.3 is 14.0 Å². The summed E-state index contributed by atoms with van der Waals surface area (Å²) < 4.78 is 14.2. The van der Waals surface area contributed by atoms with Gasteiger partial charge in [0, 0.05) is 11.6 Å². The van der Waals surface area contributed by atoms with Crippen LogP contribution in [0.25, 0.3) is 10.2 Å². The van der Waals surface area contributed by atoms with E-state index in [1.807, 2.05) is 34.9 Å². The summed E-state index contributed by atoms with van der Waals surface area (Å²) >= 11 is 7.48. The van der Waals surface area contributed by atoms with Gasteiger partial charge in [-0.1, -0.05) is 41.1 Å². The molecule has 1 unspecified atom stereocenters. The molecule has 0 spiro atoms. The molecule has 3 aromatic rings. The number of allylic oxidation sites excluding steroid dienone is 1. The molecule has 0 saturated heterocycles. The molecule has 26 heavy (non-hydrogen) atoms. The fourth-order valence-electron chi connectivity index (χ4n) is 2.75. The Kier molecular flexibility index (Phi) is 4.53. The molecule has 7 heteroatoms. The van der Waals surface area contributed by atoms with Crippen molar-refractivity contribution in [3.63, 3.8) is 0 Å². The van der Waals surface area contributed by atoms with E-state index in [2.05, 4.69) is 11.6 Å². The van der Waals surface area contributed by atoms with Crippen molar-refractivity contribution in [2.45, 2.75) is 12.6 Å². The zero-order chi connectivity index (χ0) is 18.1. The predicted octanol–water partition coefficient (Wildman–Crippen LogP) is 3.81. The van der Waals surface area contributed by atoms with Crippen LogP contribution in [0.1, 0.15) is 0 Å². The molecule has 1 atom stereocenters. The molecule has 0 bridgehead atoms. The third kappa shape index (κ3) is 3.13. The summed E-state index contributed by atoms with van der Waals surface area (Å²) in [5, 5.41) is 0.642. The minimum atomic E-state index is -0.768. The number of hydrogen-bond donors (Lipinski definition) is 0. The highest BCUT2D eigenvalue weighted by atomic mass is 35.5. The van der Waals surface area contributed by atoms with Crippen LogP contribution >= 0.6 is 22.9 Å². The number of aromatic nitrogens is 1. The van der Waals surface area contributed by atoms with Crippen LogP contribution in [-0.2, 0) is 11.3 Å². The minimum absolute atomic E-state index is 0.136. The zero-order valence-corrected chi connectivity index (χ0v) is 15.3. The largest absolute Gasteiger partial charge is 0.485 e. The van der Waals surface area contributed by atoms with Crippen molar-refractivity contribution in [1.82, 2.24) is 4.57 Å². The van der Waals surface area contributed by atoms with Gasteiger partial charge in [-0.25, -0.2) is 0 Å². The second kappa shape index (κ2) is 6.97. The van der Waals surface area contributed by atoms with Crippen LogP contribution in [-0.4, -0.2) is 23.2 Å². The molecule has 0 saturated carbocycles. The Bertz CT molecular complexity index is 1070. The van der Waals surface area contributed by atoms with Crippen molar-refractivity contribution >= 4 is 39.1 Å². The fraction of sp³-hybridized carbons (Fsp3) is 0.158. The topological polar surface area (TPSA) is 52.8 Å². The third-order valence-corrected chi connectivity index (χ3v) is 5.22. The summed E-state index contributed by atoms with van der Waals surface area (Å²) in [6, 6.07) is 12.9. The van der Waals surface area contributed by atoms with Crippen LogP contribution in [0, 0.1) is 0 Å². The number of fused-ring (bicyclic) bond motifs is 2. The van der Waals surface area contributed by atoms with Gasteiger partial charge in [0.25, 0.3) is 5.91 Å². The summed E-state index contributed by atoms with van der Waals surface area (Å²) in [5.41, 5.74) is 0.956. The molecule has 0 N–H and O–H groups in total. The van der Waals surface area contributed by atoms with E-state index in [9.17, 15) is 4.79 Å². The monoisotopic (exact) mass is 386 g/mol. The van der Waals surface area contributed by atoms with Crippen molar-refractivity contribution in [3.05, 3.63) is 64.9 Å². The third-order valence-electron chi connectivity index (χ3n) is 3.95. The molecule has 132 valence electrons. The number of thiazole rings is 1. The standard InChI is InChI=1S/C19H15ClN2O3S/c1-2-9-22-13-8-7-12(20)10-17(13)26-19(22)21-18(23)16-11-24-14-5-3-4-6-15(14)25-16/h2-8,10,16H,1,9,11H2. The number of nitrogens with zero attached hydrogens (tertiary/aromatic N) is 2. The minimum Gasteiger partial charge on any atom is -0.485 e. The van der Waals surface area contributed by atoms with Gasteiger partial charge in [0.15, 0.2) is 16.3 Å². The molecule has 4 rings (SSSR count). The Morgan fingerprint density at radius 3 is 2.96 bits per heavy atom. The van der Waals surface area contributed by atoms with Crippen molar-refractivity contribution in [1.29, 1.82) is 0 Å². The lowest BCUT2D eigenvalue weighted by atomic mass is 10.2. The lowest BCUT2D eigenvalue weighted by Gasteiger charge is -2.23. The van der Waals surface area contributed by atoms with Crippen LogP contribution in [0.15, 0.2) is 60.1 Å². The fourth-order valence-corrected chi connectivity index (χ4v) is 4.07. The highest BCUT2D eigenvalue weighted by Gasteiger charge is 2.27. The number of carbonyl (C=O) groups is 1. The molecule has 1 aromatic heterocycles. The first-order valence-electron chi connectivity index (χ1n) is 8.02. The average molecular weight is 387 g/mol. The van der Waals surface area contributed by atoms with Gasteiger partial charge in [0.05, 0.1) is 10.2 Å². The first kappa shape index (κ1) is 16.9. The van der Waals surface area contributed by atoms with E-state index in [1.165, 1.54) is 11.3 Å². The molecular weight excluding hydrogens is 372 g/mol. The Morgan fingerprint density at radius 2 is 2.15 bits per heavy atom. The molecule has 0 aliphatic carbocycles. The summed E-state index contributed by atoms with van der Waals surface area (Å²) in [6.07, 6.45) is 0.997. The second-order valence-corrected chi connectivity index (χ2v) is 7.16. The number of benzene rings is 2. The lowest BCUT2D eigenvalue weighted by molar-refractivity contribution is -0.127. The molecule has 5 nitrogen and oxygen atoms in total. The molecule has 2 heterocycles. The summed E-state index contributed by atoms with van der Waals surface area (Å²) in [7, 11) is 0. The Hall–Kier alpha value is -2.57. The smallest absolute Gasteiger partial charge is 0.292 e. The first-order valence-corrected chi connectivity index (χ1v) is 9.22. The Labute approximate surface area is 158 Å². The second-order valence-electron chi connectivity index (χ2n) is 5.71. The van der Waals surface area contributed by atoms with Gasteiger partial charge in [-0.2, -0.15) is 4.99 Å². The molecule has 1 aliphatic heterocycles. The average Bonchev–Trinajstić information content (AvgIpc) is 2.98. The van der Waals surface area contributed by atoms with Crippen molar-refractivity contribution in [2.75, 3.05) is 6.61 Å². The van der Waals surface area contributed by atoms with Crippen molar-refractivity contribution in [3.8, 4) is 11.5 Å². The molecule has 1 aliphatic rings. The summed E-state index contributed by atoms with van der Waals surface area (Å²) in [5.74, 6) is 0.805. The van der Waals surface area contributed by atoms with Gasteiger partial charge in [0.1, 0.15) is 6.61 Å². The first-order chi connectivity index (χ1) is 12.7. The van der Waals surface area contributed by atoms with Gasteiger partial charge in [-0.15, -0.1) is 6.58 Å². The highest BCUT2D eigenvalue weighted by molar-refractivity contribution is 7.16. The predicted molar refractivity (Wildman–Crippen MR) is 102 cm³/mol. The van der Waals surface area contributed by atoms with E-state index in [4.69, 9.17) is 21.1 Å². The van der Waals surface area contributed by atoms with Crippen LogP contribution in [0.2, 0.25) is 5.02 Å². The van der Waals surface area contributed by atoms with Crippen LogP contribution in [0.5, 0.6) is 11.5 Å². The number of ether oxygens (including phenoxy) is 2. The van der Waals surface area contributed by atoms with E-state index in [-0.39, 0.29) is 12.5 Å². The van der Waals surface area contributed by atoms with Gasteiger partial charge >= 0.3 is 0 Å². The molecule has 0 fully saturated rings. The number of halogens is 1. The molecule has 0 radical (unpaired) electrons. The quantitative estimate of drug-likeness (QED) is 0.643. The Morgan fingerprint density at radius 1 is 1.35 bits per heavy atom. The molecule has 2 aromatic carbocycles. The number of hydrogen-bond acceptors (Lipinski definition) is 4. The van der Waals surface area contributed by atoms with E-state index in [0.29, 0.717) is 27.9 Å². The van der Waals surface area contributed by atoms with Gasteiger partial charge in [0.2, 0.25) is 6.10 Å². The maximum atomic E-state index is 12.6. The number of rotatable bonds is 3. The number of amides is 1. The van der Waals surface area contributed by atoms with Gasteiger partial charge in [-0.3, -0.25) is 4.79 Å². The van der Waals surface area contributed by atoms with E-state index in [0.717, 1.165) is 10.2 Å². The van der Waals surface area contributed by atoms with Crippen LogP contribution in [0.3, 0.4) is 0 Å². The van der Waals surface area contributed by atoms with Gasteiger partial charge in [-0.05, 0) is 30.3 Å². The van der Waals surface area contributed by atoms with E-state index >= 15 is 0 Å². The zero-order valence-electron chi connectivity index (χ0n) is 13.7. The van der Waals surface area contributed by atoms with Crippen molar-refractivity contribution < 1.29 is 14.3 Å². The maximum Gasteiger partial charge on any atom is 0.292 e. The highest BCUT2D eigenvalue weighted by Crippen LogP contribution is 2.31. The SMILES string of the molecule is C=CCn1c(=NC(=O)C2COc3ccccc3O2)sc2cc(Cl)ccc21. The lowest BCUT2D eigenvalue weighted by Crippen LogP contribution is -2.36.